The molecule has 4 N–H and O–H groups in total. The molecule has 0 aromatic heterocycles. The Morgan fingerprint density at radius 1 is 1.53 bits per heavy atom. The van der Waals surface area contributed by atoms with E-state index >= 15 is 0 Å². The van der Waals surface area contributed by atoms with Crippen LogP contribution in [0, 0.1) is 0 Å². The van der Waals surface area contributed by atoms with Crippen molar-refractivity contribution >= 4 is 16.0 Å². The molecule has 0 fully saturated rings. The number of amides is 1. The molecule has 0 aliphatic rings. The van der Waals surface area contributed by atoms with Crippen LogP contribution >= 0.6 is 0 Å². The normalized spacial score (nSPS) is 11.1. The second-order valence-electron chi connectivity index (χ2n) is 4.09. The minimum absolute atomic E-state index is 0.478. The lowest BCUT2D eigenvalue weighted by Gasteiger charge is -2.23. The van der Waals surface area contributed by atoms with Gasteiger partial charge in [-0.05, 0) is 32.9 Å². The van der Waals surface area contributed by atoms with Crippen LogP contribution in [0.25, 0.3) is 0 Å². The maximum absolute atomic E-state index is 10.8. The first kappa shape index (κ1) is 18.4. The molecule has 102 valence electrons. The highest BCUT2D eigenvalue weighted by Crippen LogP contribution is 2.05. The number of rotatable bonds is 5. The van der Waals surface area contributed by atoms with Crippen LogP contribution < -0.4 is 11.1 Å². The van der Waals surface area contributed by atoms with E-state index in [2.05, 4.69) is 18.8 Å². The van der Waals surface area contributed by atoms with Crippen molar-refractivity contribution in [1.29, 1.82) is 0 Å². The van der Waals surface area contributed by atoms with Gasteiger partial charge < -0.3 is 11.1 Å². The van der Waals surface area contributed by atoms with Crippen LogP contribution in [0.4, 0.5) is 0 Å². The van der Waals surface area contributed by atoms with Gasteiger partial charge in [-0.3, -0.25) is 9.35 Å². The van der Waals surface area contributed by atoms with Crippen molar-refractivity contribution in [2.45, 2.75) is 32.7 Å². The van der Waals surface area contributed by atoms with Crippen molar-refractivity contribution in [2.75, 3.05) is 12.3 Å². The van der Waals surface area contributed by atoms with E-state index in [-0.39, 0.29) is 0 Å². The van der Waals surface area contributed by atoms with Crippen LogP contribution in [-0.4, -0.2) is 36.7 Å². The second-order valence-corrected chi connectivity index (χ2v) is 5.54. The van der Waals surface area contributed by atoms with Gasteiger partial charge in [0.2, 0.25) is 5.91 Å². The van der Waals surface area contributed by atoms with Gasteiger partial charge in [0.1, 0.15) is 0 Å². The highest BCUT2D eigenvalue weighted by atomic mass is 32.2. The third-order valence-electron chi connectivity index (χ3n) is 1.48. The lowest BCUT2D eigenvalue weighted by molar-refractivity contribution is -0.117. The van der Waals surface area contributed by atoms with E-state index in [4.69, 9.17) is 10.3 Å². The van der Waals surface area contributed by atoms with Gasteiger partial charge in [0.25, 0.3) is 10.1 Å². The predicted octanol–water partition coefficient (Wildman–Crippen LogP) is 0.310. The summed E-state index contributed by atoms with van der Waals surface area (Å²) in [6.07, 6.45) is 2.13. The van der Waals surface area contributed by atoms with Crippen molar-refractivity contribution < 1.29 is 17.8 Å². The Balaban J connectivity index is 0. The average Bonchev–Trinajstić information content (AvgIpc) is 2.13. The molecular weight excluding hydrogens is 244 g/mol. The summed E-state index contributed by atoms with van der Waals surface area (Å²) >= 11 is 0. The minimum atomic E-state index is -4.08. The van der Waals surface area contributed by atoms with Gasteiger partial charge in [-0.2, -0.15) is 8.42 Å². The van der Waals surface area contributed by atoms with Crippen molar-refractivity contribution in [3.8, 4) is 0 Å². The smallest absolute Gasteiger partial charge is 0.267 e. The molecule has 0 saturated heterocycles. The molecule has 1 amide bonds. The molecule has 0 saturated carbocycles. The molecule has 0 aliphatic carbocycles. The fourth-order valence-electron chi connectivity index (χ4n) is 0.877. The molecule has 0 atom stereocenters. The van der Waals surface area contributed by atoms with Crippen LogP contribution in [-0.2, 0) is 14.9 Å². The molecule has 0 spiro atoms. The molecular formula is C10H22N2O4S. The summed E-state index contributed by atoms with van der Waals surface area (Å²) in [5.74, 6) is -1.01. The standard InChI is InChI=1S/C7H13NO4S.C3H9N/c1-4-6(9)8-7(2,3)5-13(10,11)12;1-2-3-4/h4H,1,5H2,2-3H3,(H,8,9)(H,10,11,12);2-4H2,1H3. The van der Waals surface area contributed by atoms with Gasteiger partial charge in [-0.15, -0.1) is 0 Å². The van der Waals surface area contributed by atoms with E-state index in [0.717, 1.165) is 19.0 Å². The highest BCUT2D eigenvalue weighted by Gasteiger charge is 2.25. The van der Waals surface area contributed by atoms with Gasteiger partial charge in [0.05, 0.1) is 11.3 Å². The molecule has 0 unspecified atom stereocenters. The summed E-state index contributed by atoms with van der Waals surface area (Å²) < 4.78 is 29.5. The van der Waals surface area contributed by atoms with E-state index in [9.17, 15) is 13.2 Å². The second kappa shape index (κ2) is 8.21. The van der Waals surface area contributed by atoms with Crippen molar-refractivity contribution in [1.82, 2.24) is 5.32 Å². The Kier molecular flexibility index (Phi) is 8.91. The van der Waals surface area contributed by atoms with Crippen molar-refractivity contribution in [3.63, 3.8) is 0 Å². The lowest BCUT2D eigenvalue weighted by atomic mass is 10.1. The predicted molar refractivity (Wildman–Crippen MR) is 68.2 cm³/mol. The van der Waals surface area contributed by atoms with Crippen molar-refractivity contribution in [3.05, 3.63) is 12.7 Å². The number of nitrogens with two attached hydrogens (primary N) is 1. The fraction of sp³-hybridized carbons (Fsp3) is 0.700. The maximum atomic E-state index is 10.8. The molecule has 7 heteroatoms. The molecule has 0 aromatic rings. The van der Waals surface area contributed by atoms with E-state index in [1.54, 1.807) is 0 Å². The van der Waals surface area contributed by atoms with E-state index in [1.807, 2.05) is 0 Å². The summed E-state index contributed by atoms with van der Waals surface area (Å²) in [5.41, 5.74) is 4.03. The van der Waals surface area contributed by atoms with Crippen LogP contribution in [0.2, 0.25) is 0 Å². The van der Waals surface area contributed by atoms with E-state index < -0.39 is 27.3 Å². The van der Waals surface area contributed by atoms with Gasteiger partial charge >= 0.3 is 0 Å². The fourth-order valence-corrected chi connectivity index (χ4v) is 1.86. The minimum Gasteiger partial charge on any atom is -0.347 e. The lowest BCUT2D eigenvalue weighted by Crippen LogP contribution is -2.47. The SMILES string of the molecule is C=CC(=O)NC(C)(C)CS(=O)(=O)O.CCCN. The Bertz CT molecular complexity index is 334. The Morgan fingerprint density at radius 3 is 2.18 bits per heavy atom. The van der Waals surface area contributed by atoms with Crippen LogP contribution in [0.3, 0.4) is 0 Å². The van der Waals surface area contributed by atoms with Crippen LogP contribution in [0.5, 0.6) is 0 Å². The van der Waals surface area contributed by atoms with E-state index in [1.165, 1.54) is 13.8 Å². The first-order valence-corrected chi connectivity index (χ1v) is 6.78. The summed E-state index contributed by atoms with van der Waals surface area (Å²) in [7, 11) is -4.08. The molecule has 0 heterocycles. The number of nitrogens with one attached hydrogen (secondary N) is 1. The first-order chi connectivity index (χ1) is 7.58. The number of carbonyl (C=O) groups is 1. The average molecular weight is 266 g/mol. The van der Waals surface area contributed by atoms with Gasteiger partial charge in [0.15, 0.2) is 0 Å². The molecule has 0 aliphatic heterocycles. The summed E-state index contributed by atoms with van der Waals surface area (Å²) in [4.78, 5) is 10.8. The van der Waals surface area contributed by atoms with Crippen LogP contribution in [0.1, 0.15) is 27.2 Å². The molecule has 6 nitrogen and oxygen atoms in total. The monoisotopic (exact) mass is 266 g/mol. The third-order valence-corrected chi connectivity index (χ3v) is 2.57. The zero-order chi connectivity index (χ0) is 14.1. The molecule has 0 bridgehead atoms. The number of hydrogen-bond donors (Lipinski definition) is 3. The zero-order valence-corrected chi connectivity index (χ0v) is 11.4. The summed E-state index contributed by atoms with van der Waals surface area (Å²) in [6.45, 7) is 9.07. The Morgan fingerprint density at radius 2 is 1.94 bits per heavy atom. The number of hydrogen-bond acceptors (Lipinski definition) is 4. The maximum Gasteiger partial charge on any atom is 0.267 e. The Hall–Kier alpha value is -0.920. The van der Waals surface area contributed by atoms with Gasteiger partial charge in [0, 0.05) is 0 Å². The quantitative estimate of drug-likeness (QED) is 0.490. The summed E-state index contributed by atoms with van der Waals surface area (Å²) in [6, 6.07) is 0. The van der Waals surface area contributed by atoms with Crippen LogP contribution in [0.15, 0.2) is 12.7 Å². The Labute approximate surface area is 103 Å². The topological polar surface area (TPSA) is 109 Å². The molecule has 0 radical (unpaired) electrons. The molecule has 17 heavy (non-hydrogen) atoms. The zero-order valence-electron chi connectivity index (χ0n) is 10.6. The molecule has 0 rings (SSSR count). The third kappa shape index (κ3) is 15.1. The highest BCUT2D eigenvalue weighted by molar-refractivity contribution is 7.85. The van der Waals surface area contributed by atoms with Gasteiger partial charge in [-0.1, -0.05) is 13.5 Å². The van der Waals surface area contributed by atoms with Crippen molar-refractivity contribution in [2.24, 2.45) is 5.73 Å². The van der Waals surface area contributed by atoms with Gasteiger partial charge in [-0.25, -0.2) is 0 Å². The number of carbonyl (C=O) groups excluding carboxylic acids is 1. The first-order valence-electron chi connectivity index (χ1n) is 5.17. The van der Waals surface area contributed by atoms with E-state index in [0.29, 0.717) is 0 Å². The largest absolute Gasteiger partial charge is 0.347 e. The summed E-state index contributed by atoms with van der Waals surface area (Å²) in [5, 5.41) is 2.37. The molecule has 0 aromatic carbocycles.